The summed E-state index contributed by atoms with van der Waals surface area (Å²) in [5, 5.41) is 0. The van der Waals surface area contributed by atoms with Crippen molar-refractivity contribution in [1.82, 2.24) is 0 Å². The molecule has 0 fully saturated rings. The van der Waals surface area contributed by atoms with E-state index >= 15 is 0 Å². The summed E-state index contributed by atoms with van der Waals surface area (Å²) in [5.74, 6) is -0.133. The molecule has 0 unspecified atom stereocenters. The fourth-order valence-electron chi connectivity index (χ4n) is 3.39. The van der Waals surface area contributed by atoms with Gasteiger partial charge in [-0.2, -0.15) is 0 Å². The second-order valence-corrected chi connectivity index (χ2v) is 9.09. The minimum atomic E-state index is -0.133. The van der Waals surface area contributed by atoms with E-state index < -0.39 is 0 Å². The first-order valence-electron chi connectivity index (χ1n) is 15.0. The SMILES string of the molecule is CCCCCCCCCC(=O)OCCOCCOCCOCCOCCOCCOCCOCCCCC. The second-order valence-electron chi connectivity index (χ2n) is 9.09. The number of ether oxygens (including phenoxy) is 8. The van der Waals surface area contributed by atoms with Gasteiger partial charge in [0.15, 0.2) is 0 Å². The Kier molecular flexibility index (Phi) is 33.5. The van der Waals surface area contributed by atoms with Crippen LogP contribution in [-0.2, 0) is 42.7 Å². The van der Waals surface area contributed by atoms with Gasteiger partial charge in [0.1, 0.15) is 6.61 Å². The van der Waals surface area contributed by atoms with Crippen molar-refractivity contribution < 1.29 is 42.7 Å². The van der Waals surface area contributed by atoms with Crippen molar-refractivity contribution in [2.24, 2.45) is 0 Å². The summed E-state index contributed by atoms with van der Waals surface area (Å²) < 4.78 is 43.4. The Morgan fingerprint density at radius 3 is 1.11 bits per heavy atom. The number of hydrogen-bond donors (Lipinski definition) is 0. The van der Waals surface area contributed by atoms with E-state index in [-0.39, 0.29) is 5.97 Å². The Bertz CT molecular complexity index is 452. The lowest BCUT2D eigenvalue weighted by Gasteiger charge is -2.09. The molecule has 0 aliphatic heterocycles. The monoisotopic (exact) mass is 550 g/mol. The molecule has 0 atom stereocenters. The maximum absolute atomic E-state index is 11.7. The Morgan fingerprint density at radius 1 is 0.368 bits per heavy atom. The van der Waals surface area contributed by atoms with Gasteiger partial charge in [-0.25, -0.2) is 0 Å². The second kappa shape index (κ2) is 34.2. The summed E-state index contributed by atoms with van der Waals surface area (Å²) in [4.78, 5) is 11.7. The van der Waals surface area contributed by atoms with Gasteiger partial charge in [-0.05, 0) is 12.8 Å². The molecule has 0 spiro atoms. The standard InChI is InChI=1S/C29H58O9/c1-3-5-7-8-9-10-11-13-29(30)38-28-27-37-26-25-36-24-23-35-22-21-34-20-19-33-18-17-32-16-15-31-14-12-6-4-2/h3-28H2,1-2H3. The summed E-state index contributed by atoms with van der Waals surface area (Å²) in [6, 6.07) is 0. The average molecular weight is 551 g/mol. The molecule has 0 amide bonds. The molecule has 9 heteroatoms. The van der Waals surface area contributed by atoms with Gasteiger partial charge in [0, 0.05) is 13.0 Å². The third kappa shape index (κ3) is 33.2. The van der Waals surface area contributed by atoms with Crippen molar-refractivity contribution in [3.63, 3.8) is 0 Å². The van der Waals surface area contributed by atoms with E-state index in [9.17, 15) is 4.79 Å². The normalized spacial score (nSPS) is 11.3. The van der Waals surface area contributed by atoms with Crippen molar-refractivity contribution in [1.29, 1.82) is 0 Å². The third-order valence-electron chi connectivity index (χ3n) is 5.60. The summed E-state index contributed by atoms with van der Waals surface area (Å²) in [7, 11) is 0. The zero-order valence-corrected chi connectivity index (χ0v) is 24.6. The van der Waals surface area contributed by atoms with Crippen molar-refractivity contribution in [3.05, 3.63) is 0 Å². The summed E-state index contributed by atoms with van der Waals surface area (Å²) in [6.45, 7) is 12.4. The van der Waals surface area contributed by atoms with E-state index in [1.54, 1.807) is 0 Å². The molecule has 0 aromatic carbocycles. The minimum Gasteiger partial charge on any atom is -0.463 e. The lowest BCUT2D eigenvalue weighted by molar-refractivity contribution is -0.145. The molecule has 38 heavy (non-hydrogen) atoms. The van der Waals surface area contributed by atoms with Gasteiger partial charge in [0.05, 0.1) is 85.9 Å². The van der Waals surface area contributed by atoms with E-state index in [2.05, 4.69) is 13.8 Å². The molecule has 0 aromatic heterocycles. The largest absolute Gasteiger partial charge is 0.463 e. The van der Waals surface area contributed by atoms with Crippen molar-refractivity contribution in [2.75, 3.05) is 99.1 Å². The number of carbonyl (C=O) groups is 1. The van der Waals surface area contributed by atoms with Crippen LogP contribution >= 0.6 is 0 Å². The van der Waals surface area contributed by atoms with Crippen LogP contribution in [0.25, 0.3) is 0 Å². The lowest BCUT2D eigenvalue weighted by Crippen LogP contribution is -2.15. The Morgan fingerprint density at radius 2 is 0.684 bits per heavy atom. The molecule has 0 saturated carbocycles. The van der Waals surface area contributed by atoms with Gasteiger partial charge < -0.3 is 37.9 Å². The molecule has 0 radical (unpaired) electrons. The van der Waals surface area contributed by atoms with Crippen molar-refractivity contribution >= 4 is 5.97 Å². The number of rotatable bonds is 33. The first-order valence-corrected chi connectivity index (χ1v) is 15.0. The van der Waals surface area contributed by atoms with E-state index in [0.29, 0.717) is 98.9 Å². The van der Waals surface area contributed by atoms with Crippen LogP contribution in [0.4, 0.5) is 0 Å². The maximum atomic E-state index is 11.7. The Balaban J connectivity index is 3.10. The van der Waals surface area contributed by atoms with Crippen LogP contribution in [0, 0.1) is 0 Å². The molecule has 228 valence electrons. The van der Waals surface area contributed by atoms with Crippen LogP contribution in [0.15, 0.2) is 0 Å². The van der Waals surface area contributed by atoms with Crippen molar-refractivity contribution in [3.8, 4) is 0 Å². The molecule has 0 rings (SSSR count). The van der Waals surface area contributed by atoms with Crippen molar-refractivity contribution in [2.45, 2.75) is 84.5 Å². The average Bonchev–Trinajstić information content (AvgIpc) is 2.92. The van der Waals surface area contributed by atoms with Crippen LogP contribution in [0.5, 0.6) is 0 Å². The van der Waals surface area contributed by atoms with Crippen LogP contribution < -0.4 is 0 Å². The minimum absolute atomic E-state index is 0.133. The number of carbonyl (C=O) groups excluding carboxylic acids is 1. The fraction of sp³-hybridized carbons (Fsp3) is 0.966. The molecular formula is C29H58O9. The molecule has 0 heterocycles. The van der Waals surface area contributed by atoms with Gasteiger partial charge >= 0.3 is 5.97 Å². The van der Waals surface area contributed by atoms with Gasteiger partial charge in [-0.3, -0.25) is 4.79 Å². The van der Waals surface area contributed by atoms with E-state index in [0.717, 1.165) is 25.9 Å². The molecule has 0 N–H and O–H groups in total. The van der Waals surface area contributed by atoms with Crippen LogP contribution in [0.1, 0.15) is 84.5 Å². The zero-order chi connectivity index (χ0) is 27.6. The molecule has 0 saturated heterocycles. The summed E-state index contributed by atoms with van der Waals surface area (Å²) >= 11 is 0. The summed E-state index contributed by atoms with van der Waals surface area (Å²) in [5.41, 5.74) is 0. The first-order chi connectivity index (χ1) is 18.8. The molecule has 0 aliphatic carbocycles. The smallest absolute Gasteiger partial charge is 0.305 e. The molecule has 0 bridgehead atoms. The molecule has 9 nitrogen and oxygen atoms in total. The van der Waals surface area contributed by atoms with E-state index in [1.165, 1.54) is 44.9 Å². The predicted molar refractivity (Wildman–Crippen MR) is 149 cm³/mol. The van der Waals surface area contributed by atoms with Crippen LogP contribution in [-0.4, -0.2) is 105 Å². The van der Waals surface area contributed by atoms with E-state index in [1.807, 2.05) is 0 Å². The van der Waals surface area contributed by atoms with Crippen LogP contribution in [0.3, 0.4) is 0 Å². The highest BCUT2D eigenvalue weighted by atomic mass is 16.6. The highest BCUT2D eigenvalue weighted by Gasteiger charge is 2.02. The van der Waals surface area contributed by atoms with Crippen LogP contribution in [0.2, 0.25) is 0 Å². The van der Waals surface area contributed by atoms with Gasteiger partial charge in [-0.15, -0.1) is 0 Å². The predicted octanol–water partition coefficient (Wildman–Crippen LogP) is 4.98. The highest BCUT2D eigenvalue weighted by molar-refractivity contribution is 5.69. The maximum Gasteiger partial charge on any atom is 0.305 e. The Hall–Kier alpha value is -0.810. The first kappa shape index (κ1) is 37.2. The zero-order valence-electron chi connectivity index (χ0n) is 24.6. The molecule has 0 aromatic rings. The van der Waals surface area contributed by atoms with Gasteiger partial charge in [0.2, 0.25) is 0 Å². The number of esters is 1. The third-order valence-corrected chi connectivity index (χ3v) is 5.60. The highest BCUT2D eigenvalue weighted by Crippen LogP contribution is 2.08. The molecule has 0 aliphatic rings. The number of unbranched alkanes of at least 4 members (excludes halogenated alkanes) is 8. The topological polar surface area (TPSA) is 90.9 Å². The molecular weight excluding hydrogens is 492 g/mol. The number of hydrogen-bond acceptors (Lipinski definition) is 9. The van der Waals surface area contributed by atoms with Gasteiger partial charge in [0.25, 0.3) is 0 Å². The van der Waals surface area contributed by atoms with E-state index in [4.69, 9.17) is 37.9 Å². The quantitative estimate of drug-likeness (QED) is 0.0829. The summed E-state index contributed by atoms with van der Waals surface area (Å²) in [6.07, 6.45) is 12.4. The Labute approximate surface area is 232 Å². The van der Waals surface area contributed by atoms with Gasteiger partial charge in [-0.1, -0.05) is 65.2 Å². The fourth-order valence-corrected chi connectivity index (χ4v) is 3.39. The lowest BCUT2D eigenvalue weighted by atomic mass is 10.1.